The molecular weight excluding hydrogens is 286 g/mol. The van der Waals surface area contributed by atoms with Crippen molar-refractivity contribution in [2.45, 2.75) is 39.8 Å². The summed E-state index contributed by atoms with van der Waals surface area (Å²) in [6.07, 6.45) is 0. The lowest BCUT2D eigenvalue weighted by Gasteiger charge is -2.22. The van der Waals surface area contributed by atoms with Crippen LogP contribution in [-0.4, -0.2) is 30.4 Å². The van der Waals surface area contributed by atoms with Crippen molar-refractivity contribution in [3.63, 3.8) is 0 Å². The van der Waals surface area contributed by atoms with Gasteiger partial charge in [0.15, 0.2) is 11.5 Å². The second-order valence-electron chi connectivity index (χ2n) is 5.96. The molecule has 1 aromatic carbocycles. The number of nitrogens with one attached hydrogen (secondary N) is 1. The van der Waals surface area contributed by atoms with E-state index < -0.39 is 0 Å². The monoisotopic (exact) mass is 311 g/mol. The van der Waals surface area contributed by atoms with E-state index in [1.165, 1.54) is 0 Å². The summed E-state index contributed by atoms with van der Waals surface area (Å²) in [6, 6.07) is 3.96. The standard InChI is InChI=1S/C16H25NO3S/c1-5-21-7-6-18-13-9-15-14(19-11-20-15)8-12(13)10-17-16(2,3)4/h8-9,17H,5-7,10-11H2,1-4H3. The lowest BCUT2D eigenvalue weighted by molar-refractivity contribution is 0.173. The van der Waals surface area contributed by atoms with E-state index >= 15 is 0 Å². The number of hydrogen-bond acceptors (Lipinski definition) is 5. The quantitative estimate of drug-likeness (QED) is 0.781. The summed E-state index contributed by atoms with van der Waals surface area (Å²) >= 11 is 1.88. The molecule has 0 aromatic heterocycles. The normalized spacial score (nSPS) is 13.5. The van der Waals surface area contributed by atoms with Gasteiger partial charge in [0.1, 0.15) is 5.75 Å². The van der Waals surface area contributed by atoms with E-state index in [1.807, 2.05) is 23.9 Å². The Morgan fingerprint density at radius 2 is 1.95 bits per heavy atom. The highest BCUT2D eigenvalue weighted by molar-refractivity contribution is 7.99. The predicted molar refractivity (Wildman–Crippen MR) is 87.7 cm³/mol. The first kappa shape index (κ1) is 16.3. The average Bonchev–Trinajstić information content (AvgIpc) is 2.87. The molecular formula is C16H25NO3S. The van der Waals surface area contributed by atoms with Crippen LogP contribution >= 0.6 is 11.8 Å². The van der Waals surface area contributed by atoms with Gasteiger partial charge in [0, 0.05) is 29.5 Å². The third-order valence-electron chi connectivity index (χ3n) is 3.05. The maximum Gasteiger partial charge on any atom is 0.231 e. The third-order valence-corrected chi connectivity index (χ3v) is 3.92. The Labute approximate surface area is 131 Å². The van der Waals surface area contributed by atoms with Crippen LogP contribution in [0, 0.1) is 0 Å². The fourth-order valence-corrected chi connectivity index (χ4v) is 2.44. The Hall–Kier alpha value is -1.07. The molecule has 4 nitrogen and oxygen atoms in total. The summed E-state index contributed by atoms with van der Waals surface area (Å²) < 4.78 is 16.8. The van der Waals surface area contributed by atoms with Crippen LogP contribution in [0.15, 0.2) is 12.1 Å². The Kier molecular flexibility index (Phi) is 5.65. The predicted octanol–water partition coefficient (Wildman–Crippen LogP) is 3.44. The first-order valence-electron chi connectivity index (χ1n) is 7.37. The van der Waals surface area contributed by atoms with Crippen molar-refractivity contribution in [1.29, 1.82) is 0 Å². The van der Waals surface area contributed by atoms with Gasteiger partial charge in [0.25, 0.3) is 0 Å². The minimum atomic E-state index is 0.0612. The summed E-state index contributed by atoms with van der Waals surface area (Å²) in [5.41, 5.74) is 1.17. The number of hydrogen-bond donors (Lipinski definition) is 1. The SMILES string of the molecule is CCSCCOc1cc2c(cc1CNC(C)(C)C)OCO2. The van der Waals surface area contributed by atoms with E-state index in [4.69, 9.17) is 14.2 Å². The lowest BCUT2D eigenvalue weighted by Crippen LogP contribution is -2.35. The highest BCUT2D eigenvalue weighted by Gasteiger charge is 2.19. The van der Waals surface area contributed by atoms with E-state index in [2.05, 4.69) is 33.0 Å². The molecule has 0 fully saturated rings. The highest BCUT2D eigenvalue weighted by Crippen LogP contribution is 2.38. The second-order valence-corrected chi connectivity index (χ2v) is 7.36. The van der Waals surface area contributed by atoms with Crippen LogP contribution in [0.5, 0.6) is 17.2 Å². The molecule has 0 saturated heterocycles. The van der Waals surface area contributed by atoms with Crippen molar-refractivity contribution in [2.75, 3.05) is 24.9 Å². The smallest absolute Gasteiger partial charge is 0.231 e. The molecule has 5 heteroatoms. The highest BCUT2D eigenvalue weighted by atomic mass is 32.2. The maximum atomic E-state index is 5.93. The molecule has 0 radical (unpaired) electrons. The number of fused-ring (bicyclic) bond motifs is 1. The molecule has 0 aliphatic carbocycles. The molecule has 2 rings (SSSR count). The van der Waals surface area contributed by atoms with Crippen LogP contribution in [0.25, 0.3) is 0 Å². The van der Waals surface area contributed by atoms with Crippen molar-refractivity contribution >= 4 is 11.8 Å². The van der Waals surface area contributed by atoms with Gasteiger partial charge in [-0.25, -0.2) is 0 Å². The van der Waals surface area contributed by atoms with Gasteiger partial charge in [-0.3, -0.25) is 0 Å². The van der Waals surface area contributed by atoms with Gasteiger partial charge in [-0.05, 0) is 32.6 Å². The summed E-state index contributed by atoms with van der Waals surface area (Å²) in [6.45, 7) is 10.4. The summed E-state index contributed by atoms with van der Waals surface area (Å²) in [4.78, 5) is 0. The van der Waals surface area contributed by atoms with Gasteiger partial charge in [-0.1, -0.05) is 6.92 Å². The number of rotatable bonds is 7. The molecule has 0 saturated carbocycles. The summed E-state index contributed by atoms with van der Waals surface area (Å²) in [5, 5.41) is 3.49. The molecule has 118 valence electrons. The van der Waals surface area contributed by atoms with Crippen molar-refractivity contribution in [3.8, 4) is 17.2 Å². The van der Waals surface area contributed by atoms with Crippen LogP contribution in [0.2, 0.25) is 0 Å². The molecule has 0 bridgehead atoms. The number of ether oxygens (including phenoxy) is 3. The molecule has 1 aromatic rings. The zero-order valence-electron chi connectivity index (χ0n) is 13.3. The van der Waals surface area contributed by atoms with Crippen LogP contribution in [-0.2, 0) is 6.54 Å². The minimum absolute atomic E-state index is 0.0612. The van der Waals surface area contributed by atoms with Gasteiger partial charge in [-0.15, -0.1) is 0 Å². The molecule has 0 atom stereocenters. The van der Waals surface area contributed by atoms with Gasteiger partial charge < -0.3 is 19.5 Å². The van der Waals surface area contributed by atoms with E-state index in [0.717, 1.165) is 40.9 Å². The third kappa shape index (κ3) is 5.00. The summed E-state index contributed by atoms with van der Waals surface area (Å²) in [5.74, 6) is 4.57. The molecule has 0 amide bonds. The zero-order chi connectivity index (χ0) is 15.3. The topological polar surface area (TPSA) is 39.7 Å². The molecule has 0 spiro atoms. The van der Waals surface area contributed by atoms with Crippen LogP contribution in [0.4, 0.5) is 0 Å². The van der Waals surface area contributed by atoms with Crippen molar-refractivity contribution in [2.24, 2.45) is 0 Å². The van der Waals surface area contributed by atoms with Crippen molar-refractivity contribution < 1.29 is 14.2 Å². The summed E-state index contributed by atoms with van der Waals surface area (Å²) in [7, 11) is 0. The fourth-order valence-electron chi connectivity index (χ4n) is 1.95. The molecule has 1 aliphatic heterocycles. The second kappa shape index (κ2) is 7.27. The number of benzene rings is 1. The Balaban J connectivity index is 2.08. The Morgan fingerprint density at radius 3 is 2.62 bits per heavy atom. The molecule has 21 heavy (non-hydrogen) atoms. The van der Waals surface area contributed by atoms with Crippen molar-refractivity contribution in [3.05, 3.63) is 17.7 Å². The first-order chi connectivity index (χ1) is 9.99. The van der Waals surface area contributed by atoms with Gasteiger partial charge in [-0.2, -0.15) is 11.8 Å². The van der Waals surface area contributed by atoms with Crippen LogP contribution < -0.4 is 19.5 Å². The van der Waals surface area contributed by atoms with Gasteiger partial charge in [0.05, 0.1) is 6.61 Å². The van der Waals surface area contributed by atoms with E-state index in [9.17, 15) is 0 Å². The van der Waals surface area contributed by atoms with Gasteiger partial charge in [0.2, 0.25) is 6.79 Å². The van der Waals surface area contributed by atoms with Crippen LogP contribution in [0.1, 0.15) is 33.3 Å². The molecule has 1 heterocycles. The van der Waals surface area contributed by atoms with Crippen molar-refractivity contribution in [1.82, 2.24) is 5.32 Å². The average molecular weight is 311 g/mol. The fraction of sp³-hybridized carbons (Fsp3) is 0.625. The van der Waals surface area contributed by atoms with Gasteiger partial charge >= 0.3 is 0 Å². The zero-order valence-corrected chi connectivity index (χ0v) is 14.1. The van der Waals surface area contributed by atoms with E-state index in [0.29, 0.717) is 6.61 Å². The first-order valence-corrected chi connectivity index (χ1v) is 8.53. The Bertz CT molecular complexity index is 471. The van der Waals surface area contributed by atoms with Crippen LogP contribution in [0.3, 0.4) is 0 Å². The van der Waals surface area contributed by atoms with E-state index in [1.54, 1.807) is 0 Å². The minimum Gasteiger partial charge on any atom is -0.492 e. The number of thioether (sulfide) groups is 1. The Morgan fingerprint density at radius 1 is 1.24 bits per heavy atom. The van der Waals surface area contributed by atoms with E-state index in [-0.39, 0.29) is 12.3 Å². The molecule has 1 N–H and O–H groups in total. The molecule has 1 aliphatic rings. The molecule has 0 unspecified atom stereocenters. The largest absolute Gasteiger partial charge is 0.492 e. The lowest BCUT2D eigenvalue weighted by atomic mass is 10.1. The maximum absolute atomic E-state index is 5.93.